The maximum Gasteiger partial charge on any atom is 0.0666 e. The Morgan fingerprint density at radius 2 is 2.14 bits per heavy atom. The van der Waals surface area contributed by atoms with Crippen LogP contribution in [0.2, 0.25) is 0 Å². The third kappa shape index (κ3) is 2.99. The lowest BCUT2D eigenvalue weighted by molar-refractivity contribution is 0.224. The Bertz CT molecular complexity index is 221. The van der Waals surface area contributed by atoms with Gasteiger partial charge in [-0.15, -0.1) is 0 Å². The van der Waals surface area contributed by atoms with Gasteiger partial charge in [0.05, 0.1) is 12.0 Å². The van der Waals surface area contributed by atoms with Gasteiger partial charge in [0.15, 0.2) is 0 Å². The predicted molar refractivity (Wildman–Crippen MR) is 58.8 cm³/mol. The Balaban J connectivity index is 2.39. The second-order valence-corrected chi connectivity index (χ2v) is 5.64. The monoisotopic (exact) mass is 194 g/mol. The zero-order valence-corrected chi connectivity index (χ0v) is 9.88. The molecule has 0 bridgehead atoms. The molecule has 0 amide bonds. The molecule has 0 aromatic heterocycles. The quantitative estimate of drug-likeness (QED) is 0.675. The Hall–Kier alpha value is -0.550. The Kier molecular flexibility index (Phi) is 3.55. The molecule has 80 valence electrons. The lowest BCUT2D eigenvalue weighted by atomic mass is 9.80. The summed E-state index contributed by atoms with van der Waals surface area (Å²) in [6.45, 7) is 12.2. The molecule has 0 N–H and O–H groups in total. The molecule has 0 aliphatic carbocycles. The molecule has 2 nitrogen and oxygen atoms in total. The number of hydrogen-bond donors (Lipinski definition) is 0. The molecule has 0 saturated carbocycles. The van der Waals surface area contributed by atoms with Gasteiger partial charge >= 0.3 is 0 Å². The first-order valence-corrected chi connectivity index (χ1v) is 5.55. The highest BCUT2D eigenvalue weighted by Crippen LogP contribution is 2.33. The van der Waals surface area contributed by atoms with Crippen LogP contribution in [0.3, 0.4) is 0 Å². The number of nitrogens with zero attached hydrogens (tertiary/aromatic N) is 2. The van der Waals surface area contributed by atoms with Gasteiger partial charge in [0.2, 0.25) is 0 Å². The van der Waals surface area contributed by atoms with Crippen molar-refractivity contribution in [1.82, 2.24) is 4.90 Å². The Morgan fingerprint density at radius 3 is 2.57 bits per heavy atom. The van der Waals surface area contributed by atoms with Gasteiger partial charge in [0.1, 0.15) is 0 Å². The number of hydrogen-bond acceptors (Lipinski definition) is 2. The highest BCUT2D eigenvalue weighted by Gasteiger charge is 2.31. The van der Waals surface area contributed by atoms with Crippen molar-refractivity contribution in [3.8, 4) is 6.07 Å². The van der Waals surface area contributed by atoms with Gasteiger partial charge in [0.25, 0.3) is 0 Å². The van der Waals surface area contributed by atoms with Crippen molar-refractivity contribution in [2.75, 3.05) is 19.6 Å². The van der Waals surface area contributed by atoms with Gasteiger partial charge in [-0.05, 0) is 31.2 Å². The van der Waals surface area contributed by atoms with Crippen LogP contribution in [0.4, 0.5) is 0 Å². The van der Waals surface area contributed by atoms with Crippen LogP contribution < -0.4 is 0 Å². The minimum Gasteiger partial charge on any atom is -0.302 e. The van der Waals surface area contributed by atoms with E-state index in [1.807, 2.05) is 6.92 Å². The van der Waals surface area contributed by atoms with Crippen molar-refractivity contribution in [2.45, 2.75) is 34.1 Å². The first-order valence-electron chi connectivity index (χ1n) is 5.55. The largest absolute Gasteiger partial charge is 0.302 e. The van der Waals surface area contributed by atoms with E-state index in [0.717, 1.165) is 12.5 Å². The molecule has 0 radical (unpaired) electrons. The molecule has 0 aromatic carbocycles. The molecule has 2 unspecified atom stereocenters. The molecule has 0 spiro atoms. The van der Waals surface area contributed by atoms with Crippen LogP contribution in [-0.2, 0) is 0 Å². The van der Waals surface area contributed by atoms with Crippen molar-refractivity contribution in [3.63, 3.8) is 0 Å². The van der Waals surface area contributed by atoms with E-state index in [9.17, 15) is 0 Å². The molecule has 0 aromatic rings. The van der Waals surface area contributed by atoms with Crippen LogP contribution in [0.1, 0.15) is 34.1 Å². The van der Waals surface area contributed by atoms with Crippen molar-refractivity contribution < 1.29 is 0 Å². The third-order valence-electron chi connectivity index (χ3n) is 3.25. The summed E-state index contributed by atoms with van der Waals surface area (Å²) in [5.74, 6) is 0.974. The minimum absolute atomic E-state index is 0.175. The maximum absolute atomic E-state index is 8.74. The highest BCUT2D eigenvalue weighted by molar-refractivity contribution is 4.88. The van der Waals surface area contributed by atoms with E-state index in [1.54, 1.807) is 0 Å². The van der Waals surface area contributed by atoms with E-state index in [2.05, 4.69) is 31.7 Å². The van der Waals surface area contributed by atoms with Crippen LogP contribution in [0.15, 0.2) is 0 Å². The zero-order valence-electron chi connectivity index (χ0n) is 9.88. The van der Waals surface area contributed by atoms with Gasteiger partial charge in [-0.3, -0.25) is 0 Å². The van der Waals surface area contributed by atoms with Crippen molar-refractivity contribution in [2.24, 2.45) is 17.3 Å². The van der Waals surface area contributed by atoms with E-state index in [1.165, 1.54) is 19.5 Å². The van der Waals surface area contributed by atoms with Gasteiger partial charge in [0, 0.05) is 13.1 Å². The van der Waals surface area contributed by atoms with E-state index < -0.39 is 0 Å². The summed E-state index contributed by atoms with van der Waals surface area (Å²) >= 11 is 0. The molecule has 2 atom stereocenters. The fraction of sp³-hybridized carbons (Fsp3) is 0.917. The second-order valence-electron chi connectivity index (χ2n) is 5.64. The fourth-order valence-electron chi connectivity index (χ4n) is 2.13. The van der Waals surface area contributed by atoms with Crippen LogP contribution in [-0.4, -0.2) is 24.5 Å². The van der Waals surface area contributed by atoms with E-state index in [-0.39, 0.29) is 5.92 Å². The lowest BCUT2D eigenvalue weighted by Crippen LogP contribution is -2.28. The average molecular weight is 194 g/mol. The summed E-state index contributed by atoms with van der Waals surface area (Å²) in [7, 11) is 0. The highest BCUT2D eigenvalue weighted by atomic mass is 15.1. The first-order chi connectivity index (χ1) is 6.43. The standard InChI is InChI=1S/C12H22N2/c1-10(7-13)8-14-6-5-11(9-14)12(2,3)4/h10-11H,5-6,8-9H2,1-4H3. The summed E-state index contributed by atoms with van der Waals surface area (Å²) in [6.07, 6.45) is 1.29. The summed E-state index contributed by atoms with van der Waals surface area (Å²) < 4.78 is 0. The third-order valence-corrected chi connectivity index (χ3v) is 3.25. The maximum atomic E-state index is 8.74. The van der Waals surface area contributed by atoms with Gasteiger partial charge in [-0.2, -0.15) is 5.26 Å². The molecular weight excluding hydrogens is 172 g/mol. The van der Waals surface area contributed by atoms with Crippen LogP contribution in [0, 0.1) is 28.6 Å². The van der Waals surface area contributed by atoms with Gasteiger partial charge < -0.3 is 4.90 Å². The topological polar surface area (TPSA) is 27.0 Å². The normalized spacial score (nSPS) is 26.1. The molecule has 14 heavy (non-hydrogen) atoms. The summed E-state index contributed by atoms with van der Waals surface area (Å²) in [4.78, 5) is 2.43. The molecule has 1 heterocycles. The van der Waals surface area contributed by atoms with Crippen molar-refractivity contribution >= 4 is 0 Å². The summed E-state index contributed by atoms with van der Waals surface area (Å²) in [5.41, 5.74) is 0.421. The molecule has 1 rings (SSSR count). The Morgan fingerprint density at radius 1 is 1.50 bits per heavy atom. The average Bonchev–Trinajstić information content (AvgIpc) is 2.51. The molecule has 1 aliphatic rings. The fourth-order valence-corrected chi connectivity index (χ4v) is 2.13. The second kappa shape index (κ2) is 4.31. The Labute approximate surface area is 87.9 Å². The summed E-state index contributed by atoms with van der Waals surface area (Å²) in [5, 5.41) is 8.74. The number of nitriles is 1. The predicted octanol–water partition coefficient (Wildman–Crippen LogP) is 2.51. The SMILES string of the molecule is CC(C#N)CN1CCC(C(C)(C)C)C1. The van der Waals surface area contributed by atoms with Crippen LogP contribution >= 0.6 is 0 Å². The summed E-state index contributed by atoms with van der Waals surface area (Å²) in [6, 6.07) is 2.30. The van der Waals surface area contributed by atoms with Gasteiger partial charge in [-0.1, -0.05) is 20.8 Å². The van der Waals surface area contributed by atoms with E-state index in [0.29, 0.717) is 5.41 Å². The zero-order chi connectivity index (χ0) is 10.8. The molecule has 2 heteroatoms. The molecule has 1 aliphatic heterocycles. The van der Waals surface area contributed by atoms with E-state index >= 15 is 0 Å². The smallest absolute Gasteiger partial charge is 0.0666 e. The first kappa shape index (κ1) is 11.5. The van der Waals surface area contributed by atoms with Gasteiger partial charge in [-0.25, -0.2) is 0 Å². The lowest BCUT2D eigenvalue weighted by Gasteiger charge is -2.27. The molecular formula is C12H22N2. The van der Waals surface area contributed by atoms with Crippen molar-refractivity contribution in [3.05, 3.63) is 0 Å². The molecule has 1 saturated heterocycles. The van der Waals surface area contributed by atoms with Crippen LogP contribution in [0.25, 0.3) is 0 Å². The van der Waals surface area contributed by atoms with Crippen molar-refractivity contribution in [1.29, 1.82) is 5.26 Å². The number of likely N-dealkylation sites (tertiary alicyclic amines) is 1. The number of rotatable bonds is 2. The van der Waals surface area contributed by atoms with E-state index in [4.69, 9.17) is 5.26 Å². The minimum atomic E-state index is 0.175. The molecule has 1 fully saturated rings. The van der Waals surface area contributed by atoms with Crippen LogP contribution in [0.5, 0.6) is 0 Å².